The first-order valence-corrected chi connectivity index (χ1v) is 9.06. The van der Waals surface area contributed by atoms with Crippen LogP contribution in [0.2, 0.25) is 0 Å². The van der Waals surface area contributed by atoms with Crippen molar-refractivity contribution < 1.29 is 13.4 Å². The molecule has 2 aromatic rings. The number of benzene rings is 1. The average molecular weight is 319 g/mol. The molecule has 3 rings (SSSR count). The zero-order valence-corrected chi connectivity index (χ0v) is 13.6. The van der Waals surface area contributed by atoms with Gasteiger partial charge in [-0.2, -0.15) is 0 Å². The Hall–Kier alpha value is -1.59. The SMILES string of the molecule is CN(Cc1ccc(Oc2ccccc2)o1)C1CCS(=O)CC1. The maximum Gasteiger partial charge on any atom is 0.290 e. The number of hydrogen-bond donors (Lipinski definition) is 0. The number of hydrogen-bond acceptors (Lipinski definition) is 4. The van der Waals surface area contributed by atoms with Crippen LogP contribution in [0.5, 0.6) is 11.7 Å². The molecule has 1 aromatic carbocycles. The molecule has 0 atom stereocenters. The average Bonchev–Trinajstić information content (AvgIpc) is 2.96. The standard InChI is InChI=1S/C17H21NO3S/c1-18(14-9-11-22(19)12-10-14)13-16-7-8-17(21-16)20-15-5-3-2-4-6-15/h2-8,14H,9-13H2,1H3. The first kappa shape index (κ1) is 15.3. The number of ether oxygens (including phenoxy) is 1. The Balaban J connectivity index is 1.56. The molecule has 5 heteroatoms. The van der Waals surface area contributed by atoms with Gasteiger partial charge in [0, 0.05) is 34.4 Å². The minimum absolute atomic E-state index is 0.487. The highest BCUT2D eigenvalue weighted by molar-refractivity contribution is 7.85. The second kappa shape index (κ2) is 7.11. The van der Waals surface area contributed by atoms with E-state index in [0.29, 0.717) is 12.0 Å². The van der Waals surface area contributed by atoms with Gasteiger partial charge in [0.05, 0.1) is 6.54 Å². The van der Waals surface area contributed by atoms with Crippen molar-refractivity contribution >= 4 is 10.8 Å². The van der Waals surface area contributed by atoms with Crippen molar-refractivity contribution in [3.05, 3.63) is 48.2 Å². The second-order valence-corrected chi connectivity index (χ2v) is 7.33. The molecule has 1 saturated heterocycles. The van der Waals surface area contributed by atoms with Crippen molar-refractivity contribution in [1.29, 1.82) is 0 Å². The van der Waals surface area contributed by atoms with Crippen LogP contribution in [0, 0.1) is 0 Å². The molecule has 2 heterocycles. The van der Waals surface area contributed by atoms with Gasteiger partial charge in [0.15, 0.2) is 0 Å². The molecule has 0 unspecified atom stereocenters. The topological polar surface area (TPSA) is 42.7 Å². The van der Waals surface area contributed by atoms with Crippen LogP contribution in [0.1, 0.15) is 18.6 Å². The first-order valence-electron chi connectivity index (χ1n) is 7.57. The fourth-order valence-electron chi connectivity index (χ4n) is 2.70. The maximum atomic E-state index is 11.4. The Morgan fingerprint density at radius 2 is 1.91 bits per heavy atom. The normalized spacial score (nSPS) is 21.9. The molecule has 0 radical (unpaired) electrons. The van der Waals surface area contributed by atoms with Crippen LogP contribution in [0.15, 0.2) is 46.9 Å². The van der Waals surface area contributed by atoms with Crippen LogP contribution in [-0.4, -0.2) is 33.7 Å². The van der Waals surface area contributed by atoms with Gasteiger partial charge in [-0.05, 0) is 38.1 Å². The third-order valence-corrected chi connectivity index (χ3v) is 5.37. The van der Waals surface area contributed by atoms with Gasteiger partial charge in [-0.15, -0.1) is 0 Å². The van der Waals surface area contributed by atoms with E-state index < -0.39 is 10.8 Å². The zero-order valence-electron chi connectivity index (χ0n) is 12.7. The predicted octanol–water partition coefficient (Wildman–Crippen LogP) is 3.41. The van der Waals surface area contributed by atoms with E-state index in [1.807, 2.05) is 42.5 Å². The molecule has 1 aromatic heterocycles. The highest BCUT2D eigenvalue weighted by atomic mass is 32.2. The lowest BCUT2D eigenvalue weighted by Gasteiger charge is -2.30. The molecule has 0 spiro atoms. The lowest BCUT2D eigenvalue weighted by molar-refractivity contribution is 0.198. The summed E-state index contributed by atoms with van der Waals surface area (Å²) in [5, 5.41) is 0. The maximum absolute atomic E-state index is 11.4. The van der Waals surface area contributed by atoms with Crippen LogP contribution >= 0.6 is 0 Å². The van der Waals surface area contributed by atoms with Gasteiger partial charge < -0.3 is 9.15 Å². The Morgan fingerprint density at radius 1 is 1.18 bits per heavy atom. The van der Waals surface area contributed by atoms with Crippen molar-refractivity contribution in [3.63, 3.8) is 0 Å². The molecular weight excluding hydrogens is 298 g/mol. The summed E-state index contributed by atoms with van der Waals surface area (Å²) in [7, 11) is 1.48. The summed E-state index contributed by atoms with van der Waals surface area (Å²) in [6, 6.07) is 13.9. The van der Waals surface area contributed by atoms with E-state index in [0.717, 1.165) is 42.4 Å². The third-order valence-electron chi connectivity index (χ3n) is 3.98. The summed E-state index contributed by atoms with van der Waals surface area (Å²) in [6.45, 7) is 0.745. The Morgan fingerprint density at radius 3 is 2.64 bits per heavy atom. The highest BCUT2D eigenvalue weighted by Crippen LogP contribution is 2.25. The lowest BCUT2D eigenvalue weighted by atomic mass is 10.1. The molecule has 0 N–H and O–H groups in total. The minimum atomic E-state index is -0.613. The van der Waals surface area contributed by atoms with Crippen LogP contribution in [0.25, 0.3) is 0 Å². The molecule has 1 aliphatic heterocycles. The van der Waals surface area contributed by atoms with Gasteiger partial charge >= 0.3 is 0 Å². The van der Waals surface area contributed by atoms with E-state index >= 15 is 0 Å². The third kappa shape index (κ3) is 3.99. The summed E-state index contributed by atoms with van der Waals surface area (Å²) in [5.41, 5.74) is 0. The van der Waals surface area contributed by atoms with E-state index in [-0.39, 0.29) is 0 Å². The Bertz CT molecular complexity index is 616. The van der Waals surface area contributed by atoms with Gasteiger partial charge in [0.1, 0.15) is 11.5 Å². The summed E-state index contributed by atoms with van der Waals surface area (Å²) in [4.78, 5) is 2.28. The van der Waals surface area contributed by atoms with Gasteiger partial charge in [-0.25, -0.2) is 0 Å². The monoisotopic (exact) mass is 319 g/mol. The van der Waals surface area contributed by atoms with Crippen molar-refractivity contribution in [1.82, 2.24) is 4.90 Å². The van der Waals surface area contributed by atoms with Gasteiger partial charge in [0.25, 0.3) is 5.95 Å². The zero-order chi connectivity index (χ0) is 15.4. The van der Waals surface area contributed by atoms with Crippen molar-refractivity contribution in [3.8, 4) is 11.7 Å². The number of para-hydroxylation sites is 1. The number of nitrogens with zero attached hydrogens (tertiary/aromatic N) is 1. The van der Waals surface area contributed by atoms with E-state index in [2.05, 4.69) is 11.9 Å². The van der Waals surface area contributed by atoms with Crippen molar-refractivity contribution in [2.45, 2.75) is 25.4 Å². The summed E-state index contributed by atoms with van der Waals surface area (Å²) in [5.74, 6) is 3.80. The second-order valence-electron chi connectivity index (χ2n) is 5.63. The molecule has 22 heavy (non-hydrogen) atoms. The minimum Gasteiger partial charge on any atom is -0.429 e. The molecule has 0 aliphatic carbocycles. The Labute approximate surface area is 133 Å². The molecular formula is C17H21NO3S. The van der Waals surface area contributed by atoms with Gasteiger partial charge in [-0.3, -0.25) is 9.11 Å². The lowest BCUT2D eigenvalue weighted by Crippen LogP contribution is -2.36. The van der Waals surface area contributed by atoms with Crippen LogP contribution in [0.4, 0.5) is 0 Å². The Kier molecular flexibility index (Phi) is 4.95. The van der Waals surface area contributed by atoms with Crippen molar-refractivity contribution in [2.24, 2.45) is 0 Å². The van der Waals surface area contributed by atoms with Crippen LogP contribution in [0.3, 0.4) is 0 Å². The largest absolute Gasteiger partial charge is 0.429 e. The van der Waals surface area contributed by atoms with E-state index in [1.54, 1.807) is 0 Å². The van der Waals surface area contributed by atoms with Crippen LogP contribution in [-0.2, 0) is 17.3 Å². The molecule has 0 bridgehead atoms. The highest BCUT2D eigenvalue weighted by Gasteiger charge is 2.22. The molecule has 1 fully saturated rings. The summed E-state index contributed by atoms with van der Waals surface area (Å²) < 4.78 is 22.8. The molecule has 118 valence electrons. The predicted molar refractivity (Wildman–Crippen MR) is 87.6 cm³/mol. The smallest absolute Gasteiger partial charge is 0.290 e. The summed E-state index contributed by atoms with van der Waals surface area (Å²) >= 11 is 0. The fourth-order valence-corrected chi connectivity index (χ4v) is 3.97. The van der Waals surface area contributed by atoms with Crippen LogP contribution < -0.4 is 4.74 Å². The number of furan rings is 1. The number of rotatable bonds is 5. The molecule has 0 saturated carbocycles. The van der Waals surface area contributed by atoms with Crippen molar-refractivity contribution in [2.75, 3.05) is 18.6 Å². The summed E-state index contributed by atoms with van der Waals surface area (Å²) in [6.07, 6.45) is 1.99. The van der Waals surface area contributed by atoms with Gasteiger partial charge in [0.2, 0.25) is 0 Å². The molecule has 0 amide bonds. The van der Waals surface area contributed by atoms with E-state index in [9.17, 15) is 4.21 Å². The first-order chi connectivity index (χ1) is 10.7. The van der Waals surface area contributed by atoms with E-state index in [1.165, 1.54) is 0 Å². The van der Waals surface area contributed by atoms with Gasteiger partial charge in [-0.1, -0.05) is 18.2 Å². The molecule has 1 aliphatic rings. The van der Waals surface area contributed by atoms with E-state index in [4.69, 9.17) is 9.15 Å². The fraction of sp³-hybridized carbons (Fsp3) is 0.412. The molecule has 4 nitrogen and oxygen atoms in total. The quantitative estimate of drug-likeness (QED) is 0.847.